The molecule has 0 radical (unpaired) electrons. The lowest BCUT2D eigenvalue weighted by Gasteiger charge is -2.08. The first-order valence-electron chi connectivity index (χ1n) is 6.38. The smallest absolute Gasteiger partial charge is 0.196 e. The van der Waals surface area contributed by atoms with E-state index < -0.39 is 0 Å². The monoisotopic (exact) mass is 242 g/mol. The van der Waals surface area contributed by atoms with Gasteiger partial charge in [0.25, 0.3) is 0 Å². The number of carbonyl (C=O) groups is 1. The third-order valence-corrected chi connectivity index (χ3v) is 3.31. The molecule has 0 aliphatic carbocycles. The van der Waals surface area contributed by atoms with Gasteiger partial charge in [0.05, 0.1) is 11.8 Å². The molecule has 2 rings (SSSR count). The predicted octanol–water partition coefficient (Wildman–Crippen LogP) is 3.94. The molecule has 18 heavy (non-hydrogen) atoms. The highest BCUT2D eigenvalue weighted by atomic mass is 16.3. The van der Waals surface area contributed by atoms with Crippen LogP contribution in [0.15, 0.2) is 34.9 Å². The van der Waals surface area contributed by atoms with Gasteiger partial charge in [0.2, 0.25) is 0 Å². The van der Waals surface area contributed by atoms with Crippen molar-refractivity contribution in [3.63, 3.8) is 0 Å². The van der Waals surface area contributed by atoms with Gasteiger partial charge in [0, 0.05) is 5.56 Å². The van der Waals surface area contributed by atoms with Gasteiger partial charge in [0.1, 0.15) is 5.76 Å². The van der Waals surface area contributed by atoms with Crippen molar-refractivity contribution in [2.45, 2.75) is 33.6 Å². The number of hydrogen-bond acceptors (Lipinski definition) is 2. The summed E-state index contributed by atoms with van der Waals surface area (Å²) in [7, 11) is 0. The first-order valence-corrected chi connectivity index (χ1v) is 6.38. The molecule has 0 atom stereocenters. The van der Waals surface area contributed by atoms with Crippen molar-refractivity contribution in [3.05, 3.63) is 58.5 Å². The van der Waals surface area contributed by atoms with Crippen molar-refractivity contribution in [1.29, 1.82) is 0 Å². The fourth-order valence-electron chi connectivity index (χ4n) is 2.13. The van der Waals surface area contributed by atoms with E-state index in [2.05, 4.69) is 26.0 Å². The summed E-state index contributed by atoms with van der Waals surface area (Å²) in [5.74, 6) is 0.748. The number of carbonyl (C=O) groups excluding carboxylic acids is 1. The van der Waals surface area contributed by atoms with Crippen LogP contribution < -0.4 is 0 Å². The molecule has 0 N–H and O–H groups in total. The van der Waals surface area contributed by atoms with Gasteiger partial charge >= 0.3 is 0 Å². The van der Waals surface area contributed by atoms with Crippen molar-refractivity contribution >= 4 is 5.78 Å². The van der Waals surface area contributed by atoms with Gasteiger partial charge in [-0.1, -0.05) is 26.0 Å². The number of rotatable bonds is 4. The SMILES string of the molecule is CCc1ccc(CC)c(C(=O)c2ccoc2C)c1. The number of hydrogen-bond donors (Lipinski definition) is 0. The second-order valence-electron chi connectivity index (χ2n) is 4.42. The third-order valence-electron chi connectivity index (χ3n) is 3.31. The molecule has 94 valence electrons. The van der Waals surface area contributed by atoms with Crippen LogP contribution in [0.25, 0.3) is 0 Å². The second-order valence-corrected chi connectivity index (χ2v) is 4.42. The highest BCUT2D eigenvalue weighted by Crippen LogP contribution is 2.20. The summed E-state index contributed by atoms with van der Waals surface area (Å²) in [4.78, 5) is 12.5. The highest BCUT2D eigenvalue weighted by molar-refractivity contribution is 6.10. The van der Waals surface area contributed by atoms with Crippen molar-refractivity contribution < 1.29 is 9.21 Å². The summed E-state index contributed by atoms with van der Waals surface area (Å²) in [6, 6.07) is 7.91. The Bertz CT molecular complexity index is 564. The molecule has 0 fully saturated rings. The van der Waals surface area contributed by atoms with E-state index >= 15 is 0 Å². The van der Waals surface area contributed by atoms with E-state index in [-0.39, 0.29) is 5.78 Å². The minimum Gasteiger partial charge on any atom is -0.469 e. The Kier molecular flexibility index (Phi) is 3.66. The van der Waals surface area contributed by atoms with E-state index in [9.17, 15) is 4.79 Å². The summed E-state index contributed by atoms with van der Waals surface area (Å²) in [6.07, 6.45) is 3.37. The van der Waals surface area contributed by atoms with Crippen molar-refractivity contribution in [2.24, 2.45) is 0 Å². The van der Waals surface area contributed by atoms with Gasteiger partial charge in [-0.05, 0) is 43.0 Å². The normalized spacial score (nSPS) is 10.6. The Morgan fingerprint density at radius 1 is 1.11 bits per heavy atom. The van der Waals surface area contributed by atoms with E-state index in [1.54, 1.807) is 12.3 Å². The Balaban J connectivity index is 2.49. The lowest BCUT2D eigenvalue weighted by atomic mass is 9.94. The Labute approximate surface area is 108 Å². The topological polar surface area (TPSA) is 30.2 Å². The van der Waals surface area contributed by atoms with Gasteiger partial charge in [-0.15, -0.1) is 0 Å². The molecule has 0 aliphatic heterocycles. The maximum atomic E-state index is 12.5. The fourth-order valence-corrected chi connectivity index (χ4v) is 2.13. The van der Waals surface area contributed by atoms with Crippen LogP contribution in [0, 0.1) is 6.92 Å². The van der Waals surface area contributed by atoms with Gasteiger partial charge in [-0.3, -0.25) is 4.79 Å². The highest BCUT2D eigenvalue weighted by Gasteiger charge is 2.17. The molecule has 0 bridgehead atoms. The molecule has 1 aromatic carbocycles. The number of furan rings is 1. The minimum atomic E-state index is 0.0633. The van der Waals surface area contributed by atoms with Crippen LogP contribution in [0.1, 0.15) is 46.7 Å². The maximum Gasteiger partial charge on any atom is 0.196 e. The van der Waals surface area contributed by atoms with Crippen LogP contribution in [-0.4, -0.2) is 5.78 Å². The quantitative estimate of drug-likeness (QED) is 0.760. The average Bonchev–Trinajstić information content (AvgIpc) is 2.83. The molecule has 0 spiro atoms. The van der Waals surface area contributed by atoms with E-state index in [0.29, 0.717) is 11.3 Å². The van der Waals surface area contributed by atoms with Crippen LogP contribution >= 0.6 is 0 Å². The molecule has 2 heteroatoms. The maximum absolute atomic E-state index is 12.5. The Morgan fingerprint density at radius 3 is 2.44 bits per heavy atom. The summed E-state index contributed by atoms with van der Waals surface area (Å²) in [6.45, 7) is 5.99. The Hall–Kier alpha value is -1.83. The van der Waals surface area contributed by atoms with E-state index in [0.717, 1.165) is 24.0 Å². The molecular weight excluding hydrogens is 224 g/mol. The van der Waals surface area contributed by atoms with Crippen LogP contribution in [0.4, 0.5) is 0 Å². The first kappa shape index (κ1) is 12.6. The fraction of sp³-hybridized carbons (Fsp3) is 0.312. The molecule has 0 saturated carbocycles. The minimum absolute atomic E-state index is 0.0633. The third kappa shape index (κ3) is 2.23. The van der Waals surface area contributed by atoms with Gasteiger partial charge < -0.3 is 4.42 Å². The molecule has 2 aromatic rings. The standard InChI is InChI=1S/C16H18O2/c1-4-12-6-7-13(5-2)15(10-12)16(17)14-8-9-18-11(14)3/h6-10H,4-5H2,1-3H3. The van der Waals surface area contributed by atoms with Crippen molar-refractivity contribution in [1.82, 2.24) is 0 Å². The second kappa shape index (κ2) is 5.21. The van der Waals surface area contributed by atoms with Crippen molar-refractivity contribution in [2.75, 3.05) is 0 Å². The summed E-state index contributed by atoms with van der Waals surface area (Å²) in [5.41, 5.74) is 3.76. The molecule has 0 amide bonds. The molecule has 1 heterocycles. The van der Waals surface area contributed by atoms with E-state index in [1.807, 2.05) is 13.0 Å². The molecule has 0 saturated heterocycles. The zero-order chi connectivity index (χ0) is 13.1. The molecular formula is C16H18O2. The van der Waals surface area contributed by atoms with Crippen molar-refractivity contribution in [3.8, 4) is 0 Å². The van der Waals surface area contributed by atoms with Crippen LogP contribution in [-0.2, 0) is 12.8 Å². The zero-order valence-electron chi connectivity index (χ0n) is 11.1. The number of ketones is 1. The predicted molar refractivity (Wildman–Crippen MR) is 72.1 cm³/mol. The van der Waals surface area contributed by atoms with Gasteiger partial charge in [0.15, 0.2) is 5.78 Å². The first-order chi connectivity index (χ1) is 8.67. The van der Waals surface area contributed by atoms with E-state index in [1.165, 1.54) is 5.56 Å². The summed E-state index contributed by atoms with van der Waals surface area (Å²) in [5, 5.41) is 0. The number of benzene rings is 1. The molecule has 2 nitrogen and oxygen atoms in total. The molecule has 0 unspecified atom stereocenters. The lowest BCUT2D eigenvalue weighted by Crippen LogP contribution is -2.06. The zero-order valence-corrected chi connectivity index (χ0v) is 11.1. The number of aryl methyl sites for hydroxylation is 3. The Morgan fingerprint density at radius 2 is 1.89 bits per heavy atom. The molecule has 1 aromatic heterocycles. The molecule has 0 aliphatic rings. The summed E-state index contributed by atoms with van der Waals surface area (Å²) < 4.78 is 5.22. The largest absolute Gasteiger partial charge is 0.469 e. The van der Waals surface area contributed by atoms with E-state index in [4.69, 9.17) is 4.42 Å². The van der Waals surface area contributed by atoms with Gasteiger partial charge in [-0.25, -0.2) is 0 Å². The lowest BCUT2D eigenvalue weighted by molar-refractivity contribution is 0.103. The van der Waals surface area contributed by atoms with Crippen LogP contribution in [0.2, 0.25) is 0 Å². The van der Waals surface area contributed by atoms with Crippen LogP contribution in [0.3, 0.4) is 0 Å². The average molecular weight is 242 g/mol. The summed E-state index contributed by atoms with van der Waals surface area (Å²) >= 11 is 0. The van der Waals surface area contributed by atoms with Gasteiger partial charge in [-0.2, -0.15) is 0 Å². The van der Waals surface area contributed by atoms with Crippen LogP contribution in [0.5, 0.6) is 0 Å².